The number of piperidine rings is 1. The maximum atomic E-state index is 10.6. The Kier molecular flexibility index (Phi) is 9.56. The summed E-state index contributed by atoms with van der Waals surface area (Å²) in [6, 6.07) is 10.4. The van der Waals surface area contributed by atoms with Crippen molar-refractivity contribution in [2.45, 2.75) is 26.2 Å². The Morgan fingerprint density at radius 1 is 1.12 bits per heavy atom. The monoisotopic (exact) mass is 672 g/mol. The molecule has 2 fully saturated rings. The van der Waals surface area contributed by atoms with Crippen LogP contribution in [-0.4, -0.2) is 53.2 Å². The fourth-order valence-electron chi connectivity index (χ4n) is 4.51. The molecule has 0 aliphatic carbocycles. The van der Waals surface area contributed by atoms with E-state index in [2.05, 4.69) is 36.9 Å². The van der Waals surface area contributed by atoms with E-state index in [1.807, 2.05) is 29.5 Å². The van der Waals surface area contributed by atoms with Crippen LogP contribution in [0.2, 0.25) is 5.02 Å². The van der Waals surface area contributed by atoms with E-state index in [-0.39, 0.29) is 5.92 Å². The molecule has 0 bridgehead atoms. The second-order valence-corrected chi connectivity index (χ2v) is 19.9. The molecule has 1 aromatic carbocycles. The number of fused-ring (bicyclic) bond motifs is 1. The van der Waals surface area contributed by atoms with Crippen LogP contribution in [-0.2, 0) is 29.7 Å². The van der Waals surface area contributed by atoms with Crippen LogP contribution in [0.3, 0.4) is 0 Å². The number of aromatic nitrogens is 1. The summed E-state index contributed by atoms with van der Waals surface area (Å²) in [5, 5.41) is 5.76. The van der Waals surface area contributed by atoms with Gasteiger partial charge in [0.05, 0.1) is 0 Å². The predicted octanol–water partition coefficient (Wildman–Crippen LogP) is 4.28. The average Bonchev–Trinajstić information content (AvgIpc) is 3.00. The molecule has 4 heterocycles. The molecule has 2 aromatic heterocycles. The van der Waals surface area contributed by atoms with Gasteiger partial charge in [0.1, 0.15) is 6.29 Å². The van der Waals surface area contributed by atoms with E-state index in [0.29, 0.717) is 0 Å². The number of hydrogen-bond donors (Lipinski definition) is 1. The molecular formula is C25H31ClHgN4OS. The van der Waals surface area contributed by atoms with Crippen LogP contribution in [0.25, 0.3) is 10.1 Å². The van der Waals surface area contributed by atoms with Crippen molar-refractivity contribution in [1.29, 1.82) is 0 Å². The number of nitrogens with zero attached hydrogens (tertiary/aromatic N) is 3. The first-order chi connectivity index (χ1) is 16.1. The number of anilines is 1. The SMILES string of the molecule is Cc1[c]([Hg][N]2CCCNCC2)sc2cc(Cl)ccc12.O=CC1CCN(c2ccncc2)CC1. The molecule has 172 valence electrons. The van der Waals surface area contributed by atoms with Gasteiger partial charge in [0.15, 0.2) is 0 Å². The van der Waals surface area contributed by atoms with Crippen molar-refractivity contribution in [1.82, 2.24) is 13.0 Å². The van der Waals surface area contributed by atoms with Crippen molar-refractivity contribution in [3.05, 3.63) is 53.3 Å². The number of nitrogens with one attached hydrogen (secondary N) is 1. The zero-order valence-corrected chi connectivity index (χ0v) is 26.4. The number of thiophene rings is 1. The van der Waals surface area contributed by atoms with E-state index in [0.717, 1.165) is 43.8 Å². The van der Waals surface area contributed by atoms with E-state index >= 15 is 0 Å². The number of rotatable bonds is 4. The minimum absolute atomic E-state index is 0.271. The normalized spacial score (nSPS) is 17.7. The number of aryl methyl sites for hydroxylation is 1. The predicted molar refractivity (Wildman–Crippen MR) is 136 cm³/mol. The molecule has 2 aliphatic heterocycles. The molecular weight excluding hydrogens is 640 g/mol. The summed E-state index contributed by atoms with van der Waals surface area (Å²) < 4.78 is 5.85. The van der Waals surface area contributed by atoms with E-state index in [1.54, 1.807) is 14.8 Å². The van der Waals surface area contributed by atoms with Crippen molar-refractivity contribution in [3.63, 3.8) is 0 Å². The Balaban J connectivity index is 0.000000165. The van der Waals surface area contributed by atoms with Gasteiger partial charge in [0.2, 0.25) is 0 Å². The molecule has 0 radical (unpaired) electrons. The third-order valence-corrected chi connectivity index (χ3v) is 18.1. The van der Waals surface area contributed by atoms with Crippen molar-refractivity contribution in [2.24, 2.45) is 5.92 Å². The van der Waals surface area contributed by atoms with Gasteiger partial charge in [-0.2, -0.15) is 0 Å². The second-order valence-electron chi connectivity index (χ2n) is 8.84. The van der Waals surface area contributed by atoms with Gasteiger partial charge in [-0.3, -0.25) is 4.98 Å². The van der Waals surface area contributed by atoms with Crippen LogP contribution in [0.1, 0.15) is 24.8 Å². The Hall–Kier alpha value is -1.05. The molecule has 0 unspecified atom stereocenters. The molecule has 33 heavy (non-hydrogen) atoms. The zero-order valence-electron chi connectivity index (χ0n) is 19.3. The number of halogens is 1. The van der Waals surface area contributed by atoms with Crippen molar-refractivity contribution in [3.8, 4) is 0 Å². The third kappa shape index (κ3) is 6.98. The molecule has 8 heteroatoms. The molecule has 3 aromatic rings. The van der Waals surface area contributed by atoms with Crippen molar-refractivity contribution < 1.29 is 29.7 Å². The van der Waals surface area contributed by atoms with Crippen LogP contribution in [0.4, 0.5) is 5.69 Å². The Labute approximate surface area is 218 Å². The van der Waals surface area contributed by atoms with Gasteiger partial charge in [0, 0.05) is 37.1 Å². The topological polar surface area (TPSA) is 48.5 Å². The summed E-state index contributed by atoms with van der Waals surface area (Å²) in [5.41, 5.74) is 2.74. The van der Waals surface area contributed by atoms with E-state index in [4.69, 9.17) is 11.6 Å². The summed E-state index contributed by atoms with van der Waals surface area (Å²) in [7, 11) is 0. The summed E-state index contributed by atoms with van der Waals surface area (Å²) in [6.07, 6.45) is 7.96. The van der Waals surface area contributed by atoms with E-state index in [1.165, 1.54) is 47.4 Å². The molecule has 5 nitrogen and oxygen atoms in total. The minimum Gasteiger partial charge on any atom is -0.371 e. The minimum atomic E-state index is -1.14. The maximum Gasteiger partial charge on any atom is 0.123 e. The molecule has 1 N–H and O–H groups in total. The molecule has 0 amide bonds. The molecule has 0 saturated carbocycles. The zero-order chi connectivity index (χ0) is 23.0. The Morgan fingerprint density at radius 3 is 2.67 bits per heavy atom. The summed E-state index contributed by atoms with van der Waals surface area (Å²) in [5.74, 6) is 0.271. The molecule has 2 aliphatic rings. The first-order valence-electron chi connectivity index (χ1n) is 11.8. The van der Waals surface area contributed by atoms with Gasteiger partial charge in [-0.05, 0) is 25.0 Å². The van der Waals surface area contributed by atoms with Crippen molar-refractivity contribution in [2.75, 3.05) is 44.2 Å². The first-order valence-corrected chi connectivity index (χ1v) is 18.2. The third-order valence-electron chi connectivity index (χ3n) is 6.56. The van der Waals surface area contributed by atoms with Gasteiger partial charge >= 0.3 is 137 Å². The van der Waals surface area contributed by atoms with E-state index < -0.39 is 24.9 Å². The fraction of sp³-hybridized carbons (Fsp3) is 0.440. The smallest absolute Gasteiger partial charge is 0.123 e. The molecule has 5 rings (SSSR count). The summed E-state index contributed by atoms with van der Waals surface area (Å²) >= 11 is 6.95. The Bertz CT molecular complexity index is 1030. The van der Waals surface area contributed by atoms with Crippen LogP contribution in [0, 0.1) is 12.8 Å². The van der Waals surface area contributed by atoms with Crippen LogP contribution in [0.5, 0.6) is 0 Å². The van der Waals surface area contributed by atoms with Gasteiger partial charge in [-0.15, -0.1) is 0 Å². The van der Waals surface area contributed by atoms with Gasteiger partial charge < -0.3 is 9.69 Å². The number of carbonyl (C=O) groups is 1. The average molecular weight is 672 g/mol. The maximum absolute atomic E-state index is 10.6. The number of aldehydes is 1. The standard InChI is InChI=1S/C11H14N2O.C9H6ClS.C5H11N2.Hg/c14-9-10-3-7-13(8-4-10)11-1-5-12-6-2-11;1-6-5-11-9-4-7(10)2-3-8(6)9;1-2-6-4-5-7-3-1;/h1-2,5-6,9-10H,3-4,7-8H2;2-4H,1H3;6H,1-5H2;/q;;-1;+1. The van der Waals surface area contributed by atoms with Crippen molar-refractivity contribution >= 4 is 47.4 Å². The number of hydrogen-bond acceptors (Lipinski definition) is 6. The first kappa shape index (κ1) is 25.1. The number of carbonyl (C=O) groups excluding carboxylic acids is 1. The quantitative estimate of drug-likeness (QED) is 0.332. The van der Waals surface area contributed by atoms with Crippen LogP contribution >= 0.6 is 22.9 Å². The van der Waals surface area contributed by atoms with Gasteiger partial charge in [-0.25, -0.2) is 0 Å². The largest absolute Gasteiger partial charge is 0.371 e. The van der Waals surface area contributed by atoms with Gasteiger partial charge in [-0.1, -0.05) is 0 Å². The molecule has 0 atom stereocenters. The van der Waals surface area contributed by atoms with E-state index in [9.17, 15) is 4.79 Å². The van der Waals surface area contributed by atoms with Crippen LogP contribution in [0.15, 0.2) is 42.7 Å². The molecule has 0 spiro atoms. The van der Waals surface area contributed by atoms with Gasteiger partial charge in [0.25, 0.3) is 0 Å². The Morgan fingerprint density at radius 2 is 1.91 bits per heavy atom. The summed E-state index contributed by atoms with van der Waals surface area (Å²) in [4.78, 5) is 16.9. The number of benzene rings is 1. The number of pyridine rings is 1. The fourth-order valence-corrected chi connectivity index (χ4v) is 16.0. The second kappa shape index (κ2) is 12.6. The molecule has 2 saturated heterocycles. The van der Waals surface area contributed by atoms with Crippen LogP contribution < -0.4 is 12.6 Å². The summed E-state index contributed by atoms with van der Waals surface area (Å²) in [6.45, 7) is 9.14.